The lowest BCUT2D eigenvalue weighted by Crippen LogP contribution is -1.97. The van der Waals surface area contributed by atoms with Crippen molar-refractivity contribution in [3.63, 3.8) is 0 Å². The smallest absolute Gasteiger partial charge is 0.119 e. The van der Waals surface area contributed by atoms with Crippen molar-refractivity contribution in [1.82, 2.24) is 0 Å². The van der Waals surface area contributed by atoms with Gasteiger partial charge >= 0.3 is 0 Å². The molecule has 0 amide bonds. The molecule has 0 N–H and O–H groups in total. The molecule has 0 saturated heterocycles. The van der Waals surface area contributed by atoms with E-state index in [1.54, 1.807) is 5.92 Å². The van der Waals surface area contributed by atoms with Gasteiger partial charge in [0, 0.05) is 0 Å². The maximum Gasteiger partial charge on any atom is 0.119 e. The Labute approximate surface area is 106 Å². The molecule has 1 aromatic carbocycles. The molecule has 0 aliphatic heterocycles. The van der Waals surface area contributed by atoms with Crippen molar-refractivity contribution in [1.29, 1.82) is 0 Å². The molecule has 0 saturated carbocycles. The topological polar surface area (TPSA) is 9.23 Å². The Bertz CT molecular complexity index is 287. The van der Waals surface area contributed by atoms with Gasteiger partial charge in [0.05, 0.1) is 6.61 Å². The number of rotatable bonds is 8. The van der Waals surface area contributed by atoms with E-state index in [9.17, 15) is 0 Å². The fourth-order valence-corrected chi connectivity index (χ4v) is 1.76. The van der Waals surface area contributed by atoms with Crippen LogP contribution in [0.3, 0.4) is 0 Å². The molecule has 1 heteroatoms. The summed E-state index contributed by atoms with van der Waals surface area (Å²) in [6.45, 7) is 7.36. The Kier molecular flexibility index (Phi) is 6.76. The molecule has 17 heavy (non-hydrogen) atoms. The van der Waals surface area contributed by atoms with Gasteiger partial charge in [0.1, 0.15) is 5.75 Å². The van der Waals surface area contributed by atoms with E-state index in [1.165, 1.54) is 31.2 Å². The summed E-state index contributed by atoms with van der Waals surface area (Å²) in [7, 11) is 0. The molecular weight excluding hydrogens is 208 g/mol. The Morgan fingerprint density at radius 1 is 0.941 bits per heavy atom. The van der Waals surface area contributed by atoms with E-state index < -0.39 is 0 Å². The summed E-state index contributed by atoms with van der Waals surface area (Å²) in [5, 5.41) is 0. The number of hydrogen-bond donors (Lipinski definition) is 0. The number of ether oxygens (including phenoxy) is 1. The van der Waals surface area contributed by atoms with Crippen LogP contribution in [0.25, 0.3) is 0 Å². The van der Waals surface area contributed by atoms with Crippen LogP contribution in [-0.4, -0.2) is 6.61 Å². The van der Waals surface area contributed by atoms with Gasteiger partial charge in [-0.2, -0.15) is 0 Å². The second kappa shape index (κ2) is 8.16. The second-order valence-electron chi connectivity index (χ2n) is 5.03. The van der Waals surface area contributed by atoms with Crippen LogP contribution in [0.1, 0.15) is 51.5 Å². The first-order valence-electron chi connectivity index (χ1n) is 6.67. The predicted molar refractivity (Wildman–Crippen MR) is 74.4 cm³/mol. The first-order chi connectivity index (χ1) is 8.18. The summed E-state index contributed by atoms with van der Waals surface area (Å²) in [6.07, 6.45) is 6.36. The number of hydrogen-bond acceptors (Lipinski definition) is 1. The molecule has 0 bridgehead atoms. The summed E-state index contributed by atoms with van der Waals surface area (Å²) in [6, 6.07) is 8.28. The average Bonchev–Trinajstić information content (AvgIpc) is 2.30. The van der Waals surface area contributed by atoms with Crippen LogP contribution in [0.5, 0.6) is 5.75 Å². The highest BCUT2D eigenvalue weighted by Crippen LogP contribution is 2.13. The lowest BCUT2D eigenvalue weighted by Gasteiger charge is -2.07. The first kappa shape index (κ1) is 14.1. The quantitative estimate of drug-likeness (QED) is 0.578. The number of unbranched alkanes of at least 4 members (excludes halogenated alkanes) is 3. The molecular formula is C16H25O. The van der Waals surface area contributed by atoms with E-state index >= 15 is 0 Å². The van der Waals surface area contributed by atoms with Gasteiger partial charge in [0.2, 0.25) is 0 Å². The molecule has 1 rings (SSSR count). The van der Waals surface area contributed by atoms with Crippen LogP contribution in [0.4, 0.5) is 0 Å². The van der Waals surface area contributed by atoms with Gasteiger partial charge in [-0.15, -0.1) is 0 Å². The summed E-state index contributed by atoms with van der Waals surface area (Å²) < 4.78 is 5.68. The molecule has 0 heterocycles. The molecule has 1 aromatic rings. The fraction of sp³-hybridized carbons (Fsp3) is 0.562. The highest BCUT2D eigenvalue weighted by molar-refractivity contribution is 5.26. The van der Waals surface area contributed by atoms with Crippen molar-refractivity contribution in [2.45, 2.75) is 52.9 Å². The van der Waals surface area contributed by atoms with Gasteiger partial charge in [0.25, 0.3) is 0 Å². The summed E-state index contributed by atoms with van der Waals surface area (Å²) in [5.74, 6) is 2.54. The molecule has 1 nitrogen and oxygen atoms in total. The van der Waals surface area contributed by atoms with Gasteiger partial charge in [-0.3, -0.25) is 0 Å². The molecule has 0 aromatic heterocycles. The standard InChI is InChI=1S/C16H25O/c1-14(2)8-6-4-5-7-13-17-16-11-9-15(3)10-12-16/h9-12H,4-8,13H2,1-3H3. The SMILES string of the molecule is C[C](C)CCCCCCOc1ccc(C)cc1. The minimum atomic E-state index is 0.845. The lowest BCUT2D eigenvalue weighted by molar-refractivity contribution is 0.304. The van der Waals surface area contributed by atoms with Crippen LogP contribution >= 0.6 is 0 Å². The van der Waals surface area contributed by atoms with Crippen molar-refractivity contribution >= 4 is 0 Å². The van der Waals surface area contributed by atoms with E-state index in [1.807, 2.05) is 12.1 Å². The van der Waals surface area contributed by atoms with Crippen molar-refractivity contribution in [2.75, 3.05) is 6.61 Å². The normalized spacial score (nSPS) is 10.8. The van der Waals surface area contributed by atoms with Gasteiger partial charge in [-0.25, -0.2) is 0 Å². The molecule has 0 atom stereocenters. The van der Waals surface area contributed by atoms with Crippen molar-refractivity contribution in [2.24, 2.45) is 0 Å². The molecule has 0 aliphatic rings. The van der Waals surface area contributed by atoms with Gasteiger partial charge in [-0.05, 0) is 37.8 Å². The van der Waals surface area contributed by atoms with Crippen molar-refractivity contribution < 1.29 is 4.74 Å². The molecule has 0 unspecified atom stereocenters. The minimum Gasteiger partial charge on any atom is -0.494 e. The Hall–Kier alpha value is -0.980. The summed E-state index contributed by atoms with van der Waals surface area (Å²) in [4.78, 5) is 0. The third-order valence-corrected chi connectivity index (χ3v) is 2.86. The monoisotopic (exact) mass is 233 g/mol. The maximum absolute atomic E-state index is 5.68. The number of benzene rings is 1. The Balaban J connectivity index is 1.99. The fourth-order valence-electron chi connectivity index (χ4n) is 1.76. The highest BCUT2D eigenvalue weighted by atomic mass is 16.5. The highest BCUT2D eigenvalue weighted by Gasteiger charge is 1.96. The van der Waals surface area contributed by atoms with E-state index in [-0.39, 0.29) is 0 Å². The minimum absolute atomic E-state index is 0.845. The molecule has 1 radical (unpaired) electrons. The Morgan fingerprint density at radius 3 is 2.24 bits per heavy atom. The van der Waals surface area contributed by atoms with Crippen LogP contribution in [0.2, 0.25) is 0 Å². The lowest BCUT2D eigenvalue weighted by atomic mass is 10.0. The predicted octanol–water partition coefficient (Wildman–Crippen LogP) is 4.94. The zero-order valence-corrected chi connectivity index (χ0v) is 11.5. The van der Waals surface area contributed by atoms with Crippen molar-refractivity contribution in [3.05, 3.63) is 35.7 Å². The van der Waals surface area contributed by atoms with Crippen LogP contribution in [-0.2, 0) is 0 Å². The van der Waals surface area contributed by atoms with E-state index in [0.29, 0.717) is 0 Å². The van der Waals surface area contributed by atoms with Gasteiger partial charge in [0.15, 0.2) is 0 Å². The summed E-state index contributed by atoms with van der Waals surface area (Å²) >= 11 is 0. The molecule has 0 aliphatic carbocycles. The number of aryl methyl sites for hydroxylation is 1. The van der Waals surface area contributed by atoms with E-state index in [0.717, 1.165) is 18.8 Å². The maximum atomic E-state index is 5.68. The molecule has 95 valence electrons. The van der Waals surface area contributed by atoms with E-state index in [2.05, 4.69) is 32.9 Å². The second-order valence-corrected chi connectivity index (χ2v) is 5.03. The van der Waals surface area contributed by atoms with Crippen LogP contribution in [0.15, 0.2) is 24.3 Å². The van der Waals surface area contributed by atoms with Crippen molar-refractivity contribution in [3.8, 4) is 5.75 Å². The van der Waals surface area contributed by atoms with Crippen LogP contribution in [0, 0.1) is 12.8 Å². The summed E-state index contributed by atoms with van der Waals surface area (Å²) in [5.41, 5.74) is 1.28. The Morgan fingerprint density at radius 2 is 1.59 bits per heavy atom. The zero-order valence-electron chi connectivity index (χ0n) is 11.5. The van der Waals surface area contributed by atoms with Gasteiger partial charge in [-0.1, -0.05) is 50.8 Å². The first-order valence-corrected chi connectivity index (χ1v) is 6.67. The third kappa shape index (κ3) is 7.04. The van der Waals surface area contributed by atoms with Gasteiger partial charge < -0.3 is 4.74 Å². The largest absolute Gasteiger partial charge is 0.494 e. The molecule has 0 fully saturated rings. The zero-order chi connectivity index (χ0) is 12.5. The van der Waals surface area contributed by atoms with Crippen LogP contribution < -0.4 is 4.74 Å². The van der Waals surface area contributed by atoms with E-state index in [4.69, 9.17) is 4.74 Å². The molecule has 0 spiro atoms. The third-order valence-electron chi connectivity index (χ3n) is 2.86. The average molecular weight is 233 g/mol.